The maximum Gasteiger partial charge on any atom is 0.242 e. The fourth-order valence-corrected chi connectivity index (χ4v) is 5.58. The Labute approximate surface area is 160 Å². The number of carbonyl (C=O) groups is 1. The molecule has 3 aliphatic heterocycles. The molecule has 1 N–H and O–H groups in total. The third-order valence-corrected chi connectivity index (χ3v) is 6.84. The van der Waals surface area contributed by atoms with Crippen molar-refractivity contribution in [1.82, 2.24) is 19.5 Å². The van der Waals surface area contributed by atoms with Crippen molar-refractivity contribution in [3.63, 3.8) is 0 Å². The van der Waals surface area contributed by atoms with Gasteiger partial charge >= 0.3 is 0 Å². The Kier molecular flexibility index (Phi) is 4.46. The molecule has 0 spiro atoms. The van der Waals surface area contributed by atoms with Gasteiger partial charge in [-0.15, -0.1) is 11.3 Å². The summed E-state index contributed by atoms with van der Waals surface area (Å²) >= 11 is 3.48. The van der Waals surface area contributed by atoms with E-state index >= 15 is 0 Å². The number of rotatable bonds is 3. The number of morpholine rings is 1. The van der Waals surface area contributed by atoms with Crippen LogP contribution < -0.4 is 5.32 Å². The molecule has 6 nitrogen and oxygen atoms in total. The number of nitrogens with one attached hydrogen (secondary N) is 1. The van der Waals surface area contributed by atoms with Gasteiger partial charge in [0.1, 0.15) is 6.04 Å². The van der Waals surface area contributed by atoms with Gasteiger partial charge < -0.3 is 15.0 Å². The number of aromatic nitrogens is 1. The van der Waals surface area contributed by atoms with E-state index in [0.29, 0.717) is 13.2 Å². The summed E-state index contributed by atoms with van der Waals surface area (Å²) < 4.78 is 9.04. The molecule has 0 bridgehead atoms. The second-order valence-electron chi connectivity index (χ2n) is 6.85. The highest BCUT2D eigenvalue weighted by Crippen LogP contribution is 2.34. The minimum atomic E-state index is -0.180. The van der Waals surface area contributed by atoms with Gasteiger partial charge in [0.25, 0.3) is 0 Å². The molecule has 1 amide bonds. The van der Waals surface area contributed by atoms with Gasteiger partial charge in [-0.2, -0.15) is 0 Å². The molecule has 136 valence electrons. The average Bonchev–Trinajstić information content (AvgIpc) is 3.36. The van der Waals surface area contributed by atoms with E-state index in [9.17, 15) is 4.79 Å². The Morgan fingerprint density at radius 1 is 1.27 bits per heavy atom. The van der Waals surface area contributed by atoms with Crippen LogP contribution in [0.3, 0.4) is 0 Å². The van der Waals surface area contributed by atoms with E-state index in [0.717, 1.165) is 38.2 Å². The molecular weight excluding hydrogens is 368 g/mol. The highest BCUT2D eigenvalue weighted by Gasteiger charge is 2.35. The number of benzene rings is 1. The fourth-order valence-electron chi connectivity index (χ4n) is 3.75. The van der Waals surface area contributed by atoms with Crippen LogP contribution >= 0.6 is 23.3 Å². The summed E-state index contributed by atoms with van der Waals surface area (Å²) in [6.07, 6.45) is 0. The van der Waals surface area contributed by atoms with Gasteiger partial charge in [0.05, 0.1) is 28.9 Å². The lowest BCUT2D eigenvalue weighted by Crippen LogP contribution is -2.52. The van der Waals surface area contributed by atoms with Crippen molar-refractivity contribution in [3.8, 4) is 0 Å². The van der Waals surface area contributed by atoms with Crippen molar-refractivity contribution in [2.75, 3.05) is 45.9 Å². The predicted octanol–water partition coefficient (Wildman–Crippen LogP) is 1.75. The Morgan fingerprint density at radius 3 is 2.88 bits per heavy atom. The van der Waals surface area contributed by atoms with E-state index in [4.69, 9.17) is 4.74 Å². The van der Waals surface area contributed by atoms with E-state index in [2.05, 4.69) is 32.8 Å². The lowest BCUT2D eigenvalue weighted by atomic mass is 10.2. The normalized spacial score (nSPS) is 23.8. The molecular formula is C18H20N4O2S2. The monoisotopic (exact) mass is 388 g/mol. The number of amides is 1. The molecule has 8 heteroatoms. The Morgan fingerprint density at radius 2 is 2.12 bits per heavy atom. The summed E-state index contributed by atoms with van der Waals surface area (Å²) in [5, 5.41) is 3.26. The second-order valence-corrected chi connectivity index (χ2v) is 8.91. The van der Waals surface area contributed by atoms with E-state index in [1.165, 1.54) is 20.7 Å². The third kappa shape index (κ3) is 3.16. The Hall–Kier alpha value is -1.45. The first-order chi connectivity index (χ1) is 12.8. The van der Waals surface area contributed by atoms with Crippen LogP contribution in [0.25, 0.3) is 10.2 Å². The average molecular weight is 389 g/mol. The molecule has 0 saturated carbocycles. The van der Waals surface area contributed by atoms with Crippen LogP contribution in [0.4, 0.5) is 0 Å². The van der Waals surface area contributed by atoms with Crippen molar-refractivity contribution >= 4 is 39.4 Å². The molecule has 1 aromatic carbocycles. The van der Waals surface area contributed by atoms with E-state index in [1.807, 2.05) is 10.4 Å². The van der Waals surface area contributed by atoms with Gasteiger partial charge in [0.15, 0.2) is 0 Å². The van der Waals surface area contributed by atoms with E-state index < -0.39 is 0 Å². The van der Waals surface area contributed by atoms with Gasteiger partial charge in [0, 0.05) is 37.6 Å². The van der Waals surface area contributed by atoms with Crippen molar-refractivity contribution in [1.29, 1.82) is 0 Å². The predicted molar refractivity (Wildman–Crippen MR) is 103 cm³/mol. The maximum absolute atomic E-state index is 12.6. The zero-order chi connectivity index (χ0) is 17.5. The second kappa shape index (κ2) is 6.94. The first kappa shape index (κ1) is 16.7. The Balaban J connectivity index is 1.18. The third-order valence-electron chi connectivity index (χ3n) is 5.07. The molecule has 1 unspecified atom stereocenters. The van der Waals surface area contributed by atoms with Crippen LogP contribution in [-0.4, -0.2) is 72.1 Å². The molecule has 0 radical (unpaired) electrons. The molecule has 26 heavy (non-hydrogen) atoms. The van der Waals surface area contributed by atoms with Crippen LogP contribution in [0.15, 0.2) is 39.8 Å². The van der Waals surface area contributed by atoms with Gasteiger partial charge in [-0.3, -0.25) is 4.79 Å². The quantitative estimate of drug-likeness (QED) is 0.639. The molecule has 1 aromatic heterocycles. The molecule has 0 aliphatic carbocycles. The molecule has 5 rings (SSSR count). The fraction of sp³-hybridized carbons (Fsp3) is 0.444. The minimum absolute atomic E-state index is 0.175. The molecule has 3 aliphatic rings. The minimum Gasteiger partial charge on any atom is -0.378 e. The lowest BCUT2D eigenvalue weighted by Gasteiger charge is -2.28. The molecule has 4 heterocycles. The lowest BCUT2D eigenvalue weighted by molar-refractivity contribution is -0.135. The van der Waals surface area contributed by atoms with E-state index in [-0.39, 0.29) is 11.9 Å². The van der Waals surface area contributed by atoms with Gasteiger partial charge in [-0.25, -0.2) is 9.29 Å². The SMILES string of the molecule is O=C(C1COCCN1)N1CC2=C(CN(Sc3ccc4ncsc4c3)C2)C1. The first-order valence-corrected chi connectivity index (χ1v) is 10.5. The number of hydrogen-bond acceptors (Lipinski definition) is 7. The topological polar surface area (TPSA) is 57.7 Å². The van der Waals surface area contributed by atoms with Gasteiger partial charge in [-0.1, -0.05) is 0 Å². The highest BCUT2D eigenvalue weighted by molar-refractivity contribution is 7.97. The zero-order valence-corrected chi connectivity index (χ0v) is 15.9. The molecule has 2 aromatic rings. The van der Waals surface area contributed by atoms with Gasteiger partial charge in [0.2, 0.25) is 5.91 Å². The standard InChI is InChI=1S/C18H20N4O2S2/c23-18(16-10-24-4-3-19-16)21-6-12-8-22(9-13(12)7-21)26-14-1-2-15-17(5-14)25-11-20-15/h1-2,5,11,16,19H,3-4,6-10H2. The van der Waals surface area contributed by atoms with Crippen LogP contribution in [0.2, 0.25) is 0 Å². The van der Waals surface area contributed by atoms with Crippen LogP contribution in [0, 0.1) is 0 Å². The smallest absolute Gasteiger partial charge is 0.242 e. The van der Waals surface area contributed by atoms with Crippen LogP contribution in [0.5, 0.6) is 0 Å². The molecule has 1 atom stereocenters. The maximum atomic E-state index is 12.6. The number of hydrogen-bond donors (Lipinski definition) is 1. The van der Waals surface area contributed by atoms with Crippen LogP contribution in [-0.2, 0) is 9.53 Å². The molecule has 1 saturated heterocycles. The first-order valence-electron chi connectivity index (χ1n) is 8.82. The van der Waals surface area contributed by atoms with Crippen molar-refractivity contribution in [2.45, 2.75) is 10.9 Å². The van der Waals surface area contributed by atoms with Crippen molar-refractivity contribution in [2.24, 2.45) is 0 Å². The number of ether oxygens (including phenoxy) is 1. The Bertz CT molecular complexity index is 857. The largest absolute Gasteiger partial charge is 0.378 e. The summed E-state index contributed by atoms with van der Waals surface area (Å²) in [5.41, 5.74) is 5.77. The summed E-state index contributed by atoms with van der Waals surface area (Å²) in [5.74, 6) is 0.175. The summed E-state index contributed by atoms with van der Waals surface area (Å²) in [6, 6.07) is 6.26. The zero-order valence-electron chi connectivity index (χ0n) is 14.3. The number of nitrogens with zero attached hydrogens (tertiary/aromatic N) is 3. The van der Waals surface area contributed by atoms with E-state index in [1.54, 1.807) is 23.3 Å². The highest BCUT2D eigenvalue weighted by atomic mass is 32.2. The summed E-state index contributed by atoms with van der Waals surface area (Å²) in [4.78, 5) is 20.2. The number of fused-ring (bicyclic) bond motifs is 1. The number of thiazole rings is 1. The van der Waals surface area contributed by atoms with Gasteiger partial charge in [-0.05, 0) is 41.3 Å². The van der Waals surface area contributed by atoms with Crippen molar-refractivity contribution in [3.05, 3.63) is 34.9 Å². The molecule has 1 fully saturated rings. The summed E-state index contributed by atoms with van der Waals surface area (Å²) in [6.45, 7) is 5.32. The summed E-state index contributed by atoms with van der Waals surface area (Å²) in [7, 11) is 0. The number of carbonyl (C=O) groups excluding carboxylic acids is 1. The van der Waals surface area contributed by atoms with Crippen LogP contribution in [0.1, 0.15) is 0 Å². The van der Waals surface area contributed by atoms with Crippen molar-refractivity contribution < 1.29 is 9.53 Å².